The maximum absolute atomic E-state index is 12.9. The minimum absolute atomic E-state index is 0.0450. The van der Waals surface area contributed by atoms with Gasteiger partial charge in [-0.3, -0.25) is 14.2 Å². The highest BCUT2D eigenvalue weighted by atomic mass is 32.1. The first kappa shape index (κ1) is 18.4. The number of carboxylic acids is 1. The fourth-order valence-electron chi connectivity index (χ4n) is 3.57. The van der Waals surface area contributed by atoms with E-state index in [1.807, 2.05) is 0 Å². The maximum atomic E-state index is 12.9. The Morgan fingerprint density at radius 1 is 1.29 bits per heavy atom. The molecule has 1 aliphatic carbocycles. The van der Waals surface area contributed by atoms with Crippen LogP contribution >= 0.6 is 11.3 Å². The normalized spacial score (nSPS) is 13.3. The molecule has 0 bridgehead atoms. The van der Waals surface area contributed by atoms with E-state index in [0.29, 0.717) is 16.6 Å². The Balaban J connectivity index is 1.58. The fourth-order valence-corrected chi connectivity index (χ4v) is 4.79. The molecule has 0 atom stereocenters. The molecule has 0 radical (unpaired) electrons. The largest absolute Gasteiger partial charge is 0.545 e. The molecule has 1 aromatic carbocycles. The molecule has 28 heavy (non-hydrogen) atoms. The van der Waals surface area contributed by atoms with Crippen LogP contribution in [0, 0.1) is 6.92 Å². The van der Waals surface area contributed by atoms with Gasteiger partial charge in [0.25, 0.3) is 5.56 Å². The van der Waals surface area contributed by atoms with Gasteiger partial charge in [-0.05, 0) is 61.4 Å². The molecule has 0 unspecified atom stereocenters. The third kappa shape index (κ3) is 3.31. The number of aryl methyl sites for hydroxylation is 3. The van der Waals surface area contributed by atoms with Crippen LogP contribution in [0.1, 0.15) is 39.2 Å². The Hall–Kier alpha value is -3.00. The number of rotatable bonds is 4. The van der Waals surface area contributed by atoms with Crippen molar-refractivity contribution in [2.75, 3.05) is 5.32 Å². The zero-order valence-corrected chi connectivity index (χ0v) is 16.1. The van der Waals surface area contributed by atoms with E-state index in [-0.39, 0.29) is 23.6 Å². The fraction of sp³-hybridized carbons (Fsp3) is 0.300. The molecular formula is C20H18N3O4S-. The molecule has 2 aromatic heterocycles. The molecule has 1 amide bonds. The summed E-state index contributed by atoms with van der Waals surface area (Å²) in [5.74, 6) is -1.65. The summed E-state index contributed by atoms with van der Waals surface area (Å²) >= 11 is 1.57. The van der Waals surface area contributed by atoms with Crippen molar-refractivity contribution in [3.05, 3.63) is 56.4 Å². The van der Waals surface area contributed by atoms with Crippen molar-refractivity contribution >= 4 is 39.1 Å². The van der Waals surface area contributed by atoms with Gasteiger partial charge in [0, 0.05) is 10.6 Å². The predicted molar refractivity (Wildman–Crippen MR) is 105 cm³/mol. The number of anilines is 1. The van der Waals surface area contributed by atoms with Gasteiger partial charge in [0.2, 0.25) is 5.91 Å². The molecule has 144 valence electrons. The van der Waals surface area contributed by atoms with Crippen LogP contribution in [-0.4, -0.2) is 21.4 Å². The Kier molecular flexibility index (Phi) is 4.72. The van der Waals surface area contributed by atoms with Crippen molar-refractivity contribution in [3.63, 3.8) is 0 Å². The molecule has 4 rings (SSSR count). The molecule has 0 aliphatic heterocycles. The molecule has 1 aliphatic rings. The van der Waals surface area contributed by atoms with Crippen LogP contribution in [0.3, 0.4) is 0 Å². The second-order valence-electron chi connectivity index (χ2n) is 6.93. The minimum Gasteiger partial charge on any atom is -0.545 e. The van der Waals surface area contributed by atoms with Gasteiger partial charge < -0.3 is 15.2 Å². The highest BCUT2D eigenvalue weighted by Crippen LogP contribution is 2.33. The van der Waals surface area contributed by atoms with Crippen LogP contribution in [0.25, 0.3) is 10.2 Å². The smallest absolute Gasteiger partial charge is 0.262 e. The monoisotopic (exact) mass is 396 g/mol. The molecule has 0 fully saturated rings. The average molecular weight is 396 g/mol. The van der Waals surface area contributed by atoms with Crippen LogP contribution in [0.5, 0.6) is 0 Å². The van der Waals surface area contributed by atoms with Crippen LogP contribution in [0.15, 0.2) is 29.3 Å². The molecule has 3 aromatic rings. The third-order valence-electron chi connectivity index (χ3n) is 4.99. The molecule has 8 heteroatoms. The average Bonchev–Trinajstić information content (AvgIpc) is 3.05. The van der Waals surface area contributed by atoms with Crippen molar-refractivity contribution in [3.8, 4) is 0 Å². The molecule has 2 heterocycles. The van der Waals surface area contributed by atoms with Crippen LogP contribution in [-0.2, 0) is 24.2 Å². The highest BCUT2D eigenvalue weighted by molar-refractivity contribution is 7.18. The standard InChI is InChI=1S/C20H19N3O4S/c1-11-8-12(20(26)27)6-7-14(11)22-16(24)9-23-10-21-18-17(19(23)25)13-4-2-3-5-15(13)28-18/h6-8,10H,2-5,9H2,1H3,(H,22,24)(H,26,27)/p-1. The summed E-state index contributed by atoms with van der Waals surface area (Å²) in [6, 6.07) is 4.32. The molecule has 1 N–H and O–H groups in total. The summed E-state index contributed by atoms with van der Waals surface area (Å²) in [7, 11) is 0. The van der Waals surface area contributed by atoms with E-state index in [4.69, 9.17) is 0 Å². The van der Waals surface area contributed by atoms with Gasteiger partial charge in [0.1, 0.15) is 11.4 Å². The van der Waals surface area contributed by atoms with E-state index >= 15 is 0 Å². The summed E-state index contributed by atoms with van der Waals surface area (Å²) in [6.45, 7) is 1.54. The van der Waals surface area contributed by atoms with Gasteiger partial charge in [-0.15, -0.1) is 11.3 Å². The Morgan fingerprint density at radius 2 is 2.07 bits per heavy atom. The third-order valence-corrected chi connectivity index (χ3v) is 6.19. The van der Waals surface area contributed by atoms with Gasteiger partial charge in [-0.1, -0.05) is 6.07 Å². The van der Waals surface area contributed by atoms with Crippen molar-refractivity contribution in [2.24, 2.45) is 0 Å². The second kappa shape index (κ2) is 7.20. The number of carboxylic acid groups (broad SMARTS) is 1. The summed E-state index contributed by atoms with van der Waals surface area (Å²) in [6.07, 6.45) is 5.48. The lowest BCUT2D eigenvalue weighted by Gasteiger charge is -2.12. The predicted octanol–water partition coefficient (Wildman–Crippen LogP) is 1.65. The highest BCUT2D eigenvalue weighted by Gasteiger charge is 2.20. The molecule has 0 spiro atoms. The zero-order chi connectivity index (χ0) is 19.8. The van der Waals surface area contributed by atoms with E-state index in [2.05, 4.69) is 10.3 Å². The SMILES string of the molecule is Cc1cc(C(=O)[O-])ccc1NC(=O)Cn1cnc2sc3c(c2c1=O)CCCC3. The molecular weight excluding hydrogens is 378 g/mol. The first-order chi connectivity index (χ1) is 13.4. The quantitative estimate of drug-likeness (QED) is 0.722. The topological polar surface area (TPSA) is 104 Å². The minimum atomic E-state index is -1.27. The summed E-state index contributed by atoms with van der Waals surface area (Å²) in [5.41, 5.74) is 2.03. The number of amides is 1. The summed E-state index contributed by atoms with van der Waals surface area (Å²) < 4.78 is 1.32. The summed E-state index contributed by atoms with van der Waals surface area (Å²) in [4.78, 5) is 42.6. The number of nitrogens with one attached hydrogen (secondary N) is 1. The number of benzene rings is 1. The second-order valence-corrected chi connectivity index (χ2v) is 8.02. The number of aromatic nitrogens is 2. The lowest BCUT2D eigenvalue weighted by Crippen LogP contribution is -2.28. The Labute approximate surface area is 164 Å². The lowest BCUT2D eigenvalue weighted by atomic mass is 9.97. The lowest BCUT2D eigenvalue weighted by molar-refractivity contribution is -0.255. The molecule has 0 saturated heterocycles. The van der Waals surface area contributed by atoms with Gasteiger partial charge in [-0.2, -0.15) is 0 Å². The number of hydrogen-bond donors (Lipinski definition) is 1. The first-order valence-corrected chi connectivity index (χ1v) is 9.87. The van der Waals surface area contributed by atoms with Crippen molar-refractivity contribution in [1.29, 1.82) is 0 Å². The number of nitrogens with zero attached hydrogens (tertiary/aromatic N) is 2. The number of carbonyl (C=O) groups excluding carboxylic acids is 2. The Bertz CT molecular complexity index is 1160. The zero-order valence-electron chi connectivity index (χ0n) is 15.3. The van der Waals surface area contributed by atoms with Gasteiger partial charge in [-0.25, -0.2) is 4.98 Å². The van der Waals surface area contributed by atoms with Crippen molar-refractivity contribution < 1.29 is 14.7 Å². The first-order valence-electron chi connectivity index (χ1n) is 9.05. The molecule has 0 saturated carbocycles. The van der Waals surface area contributed by atoms with Gasteiger partial charge in [0.15, 0.2) is 0 Å². The number of aromatic carboxylic acids is 1. The van der Waals surface area contributed by atoms with Gasteiger partial charge >= 0.3 is 0 Å². The van der Waals surface area contributed by atoms with Crippen LogP contribution in [0.4, 0.5) is 5.69 Å². The number of carbonyl (C=O) groups is 2. The van der Waals surface area contributed by atoms with E-state index in [1.54, 1.807) is 18.3 Å². The number of thiophene rings is 1. The summed E-state index contributed by atoms with van der Waals surface area (Å²) in [5, 5.41) is 14.3. The number of fused-ring (bicyclic) bond motifs is 3. The van der Waals surface area contributed by atoms with E-state index in [0.717, 1.165) is 36.1 Å². The van der Waals surface area contributed by atoms with Crippen molar-refractivity contribution in [1.82, 2.24) is 9.55 Å². The van der Waals surface area contributed by atoms with E-state index < -0.39 is 5.97 Å². The van der Waals surface area contributed by atoms with Crippen LogP contribution in [0.2, 0.25) is 0 Å². The van der Waals surface area contributed by atoms with E-state index in [9.17, 15) is 19.5 Å². The van der Waals surface area contributed by atoms with Crippen molar-refractivity contribution in [2.45, 2.75) is 39.2 Å². The van der Waals surface area contributed by atoms with Crippen LogP contribution < -0.4 is 16.0 Å². The number of hydrogen-bond acceptors (Lipinski definition) is 6. The van der Waals surface area contributed by atoms with Gasteiger partial charge in [0.05, 0.1) is 17.7 Å². The molecule has 7 nitrogen and oxygen atoms in total. The Morgan fingerprint density at radius 3 is 2.82 bits per heavy atom. The maximum Gasteiger partial charge on any atom is 0.262 e. The van der Waals surface area contributed by atoms with E-state index in [1.165, 1.54) is 34.0 Å².